The van der Waals surface area contributed by atoms with Crippen molar-refractivity contribution in [3.05, 3.63) is 65.7 Å². The molecule has 0 radical (unpaired) electrons. The lowest BCUT2D eigenvalue weighted by atomic mass is 10.1. The molecule has 3 nitrogen and oxygen atoms in total. The van der Waals surface area contributed by atoms with Gasteiger partial charge in [-0.05, 0) is 37.5 Å². The fourth-order valence-electron chi connectivity index (χ4n) is 2.29. The first kappa shape index (κ1) is 18.4. The van der Waals surface area contributed by atoms with Crippen LogP contribution in [-0.2, 0) is 11.2 Å². The number of amides is 1. The molecule has 2 rings (SSSR count). The number of carbonyl (C=O) groups is 1. The number of thioether (sulfide) groups is 1. The normalized spacial score (nSPS) is 11.8. The van der Waals surface area contributed by atoms with E-state index in [-0.39, 0.29) is 11.2 Å². The van der Waals surface area contributed by atoms with Gasteiger partial charge in [-0.1, -0.05) is 48.5 Å². The highest BCUT2D eigenvalue weighted by Gasteiger charge is 2.12. The lowest BCUT2D eigenvalue weighted by molar-refractivity contribution is -0.120. The maximum Gasteiger partial charge on any atom is 0.232 e. The molecule has 2 aromatic carbocycles. The summed E-state index contributed by atoms with van der Waals surface area (Å²) >= 11 is 1.62. The van der Waals surface area contributed by atoms with E-state index in [1.165, 1.54) is 5.56 Å². The van der Waals surface area contributed by atoms with E-state index < -0.39 is 0 Å². The third-order valence-corrected chi connectivity index (χ3v) is 4.84. The van der Waals surface area contributed by atoms with Gasteiger partial charge in [-0.15, -0.1) is 11.8 Å². The molecule has 0 saturated heterocycles. The molecule has 0 spiro atoms. The van der Waals surface area contributed by atoms with E-state index in [1.807, 2.05) is 56.3 Å². The average Bonchev–Trinajstić information content (AvgIpc) is 2.60. The Labute approximate surface area is 148 Å². The highest BCUT2D eigenvalue weighted by atomic mass is 32.2. The van der Waals surface area contributed by atoms with E-state index in [2.05, 4.69) is 17.4 Å². The molecule has 0 aliphatic rings. The molecule has 128 valence electrons. The number of carbonyl (C=O) groups excluding carboxylic acids is 1. The summed E-state index contributed by atoms with van der Waals surface area (Å²) in [6, 6.07) is 18.2. The minimum absolute atomic E-state index is 0.0683. The van der Waals surface area contributed by atoms with Crippen molar-refractivity contribution < 1.29 is 9.53 Å². The van der Waals surface area contributed by atoms with E-state index in [1.54, 1.807) is 11.8 Å². The number of ether oxygens (including phenoxy) is 1. The van der Waals surface area contributed by atoms with Gasteiger partial charge in [-0.3, -0.25) is 4.79 Å². The molecule has 1 atom stereocenters. The summed E-state index contributed by atoms with van der Waals surface area (Å²) in [4.78, 5) is 12.1. The fraction of sp³-hybridized carbons (Fsp3) is 0.350. The van der Waals surface area contributed by atoms with Gasteiger partial charge < -0.3 is 10.1 Å². The quantitative estimate of drug-likeness (QED) is 0.703. The van der Waals surface area contributed by atoms with Gasteiger partial charge in [0.25, 0.3) is 0 Å². The second-order valence-corrected chi connectivity index (χ2v) is 7.10. The van der Waals surface area contributed by atoms with Crippen LogP contribution in [0.15, 0.2) is 54.6 Å². The first-order chi connectivity index (χ1) is 11.7. The summed E-state index contributed by atoms with van der Waals surface area (Å²) in [5, 5.41) is 2.93. The van der Waals surface area contributed by atoms with Gasteiger partial charge in [0, 0.05) is 12.3 Å². The van der Waals surface area contributed by atoms with Crippen LogP contribution in [0.2, 0.25) is 0 Å². The molecule has 4 heteroatoms. The minimum Gasteiger partial charge on any atom is -0.492 e. The van der Waals surface area contributed by atoms with Crippen molar-refractivity contribution in [1.29, 1.82) is 0 Å². The van der Waals surface area contributed by atoms with Crippen LogP contribution in [-0.4, -0.2) is 30.1 Å². The number of para-hydroxylation sites is 1. The van der Waals surface area contributed by atoms with Crippen LogP contribution in [0.4, 0.5) is 0 Å². The van der Waals surface area contributed by atoms with Gasteiger partial charge in [-0.2, -0.15) is 0 Å². The van der Waals surface area contributed by atoms with Gasteiger partial charge >= 0.3 is 0 Å². The van der Waals surface area contributed by atoms with Crippen molar-refractivity contribution in [2.24, 2.45) is 0 Å². The molecule has 0 saturated carbocycles. The Morgan fingerprint density at radius 2 is 1.83 bits per heavy atom. The van der Waals surface area contributed by atoms with Crippen LogP contribution in [0.1, 0.15) is 18.1 Å². The molecular formula is C20H25NO2S. The number of hydrogen-bond acceptors (Lipinski definition) is 3. The predicted molar refractivity (Wildman–Crippen MR) is 102 cm³/mol. The monoisotopic (exact) mass is 343 g/mol. The summed E-state index contributed by atoms with van der Waals surface area (Å²) in [6.45, 7) is 5.26. The number of benzene rings is 2. The van der Waals surface area contributed by atoms with Gasteiger partial charge in [0.15, 0.2) is 0 Å². The van der Waals surface area contributed by atoms with Crippen LogP contribution in [0, 0.1) is 6.92 Å². The highest BCUT2D eigenvalue weighted by molar-refractivity contribution is 8.00. The van der Waals surface area contributed by atoms with Crippen molar-refractivity contribution in [2.75, 3.05) is 18.9 Å². The molecule has 1 amide bonds. The van der Waals surface area contributed by atoms with Gasteiger partial charge in [0.05, 0.1) is 11.9 Å². The third-order valence-electron chi connectivity index (χ3n) is 3.73. The molecule has 0 fully saturated rings. The summed E-state index contributed by atoms with van der Waals surface area (Å²) in [7, 11) is 0. The molecule has 0 aliphatic carbocycles. The molecule has 0 bridgehead atoms. The maximum atomic E-state index is 12.1. The zero-order valence-corrected chi connectivity index (χ0v) is 15.1. The summed E-state index contributed by atoms with van der Waals surface area (Å²) in [5.74, 6) is 1.80. The second-order valence-electron chi connectivity index (χ2n) is 5.65. The summed E-state index contributed by atoms with van der Waals surface area (Å²) in [5.41, 5.74) is 2.37. The molecular weight excluding hydrogens is 318 g/mol. The first-order valence-electron chi connectivity index (χ1n) is 8.28. The Balaban J connectivity index is 1.60. The van der Waals surface area contributed by atoms with E-state index >= 15 is 0 Å². The van der Waals surface area contributed by atoms with E-state index in [4.69, 9.17) is 4.74 Å². The summed E-state index contributed by atoms with van der Waals surface area (Å²) in [6.07, 6.45) is 0.861. The average molecular weight is 343 g/mol. The van der Waals surface area contributed by atoms with Crippen molar-refractivity contribution in [1.82, 2.24) is 5.32 Å². The number of nitrogens with one attached hydrogen (secondary N) is 1. The van der Waals surface area contributed by atoms with Gasteiger partial charge in [-0.25, -0.2) is 0 Å². The maximum absolute atomic E-state index is 12.1. The van der Waals surface area contributed by atoms with E-state index in [0.717, 1.165) is 23.5 Å². The van der Waals surface area contributed by atoms with Gasteiger partial charge in [0.1, 0.15) is 5.75 Å². The predicted octanol–water partition coefficient (Wildman–Crippen LogP) is 3.85. The van der Waals surface area contributed by atoms with Crippen molar-refractivity contribution >= 4 is 17.7 Å². The molecule has 0 aromatic heterocycles. The first-order valence-corrected chi connectivity index (χ1v) is 9.33. The molecule has 0 aliphatic heterocycles. The van der Waals surface area contributed by atoms with Crippen LogP contribution < -0.4 is 10.1 Å². The third kappa shape index (κ3) is 6.28. The minimum atomic E-state index is -0.0683. The molecule has 24 heavy (non-hydrogen) atoms. The Bertz CT molecular complexity index is 631. The lowest BCUT2D eigenvalue weighted by Gasteiger charge is -2.13. The topological polar surface area (TPSA) is 38.3 Å². The second kappa shape index (κ2) is 10.0. The lowest BCUT2D eigenvalue weighted by Crippen LogP contribution is -2.32. The van der Waals surface area contributed by atoms with Crippen LogP contribution in [0.5, 0.6) is 5.75 Å². The SMILES string of the molecule is Cc1ccccc1OCCSC(C)C(=O)NCCc1ccccc1. The fourth-order valence-corrected chi connectivity index (χ4v) is 3.06. The number of rotatable bonds is 9. The Morgan fingerprint density at radius 3 is 2.58 bits per heavy atom. The molecule has 1 N–H and O–H groups in total. The molecule has 2 aromatic rings. The van der Waals surface area contributed by atoms with Crippen LogP contribution >= 0.6 is 11.8 Å². The van der Waals surface area contributed by atoms with Crippen LogP contribution in [0.3, 0.4) is 0 Å². The Kier molecular flexibility index (Phi) is 7.69. The van der Waals surface area contributed by atoms with E-state index in [9.17, 15) is 4.79 Å². The highest BCUT2D eigenvalue weighted by Crippen LogP contribution is 2.17. The number of aryl methyl sites for hydroxylation is 1. The molecule has 1 unspecified atom stereocenters. The Morgan fingerprint density at radius 1 is 1.12 bits per heavy atom. The van der Waals surface area contributed by atoms with Gasteiger partial charge in [0.2, 0.25) is 5.91 Å². The largest absolute Gasteiger partial charge is 0.492 e. The van der Waals surface area contributed by atoms with Crippen molar-refractivity contribution in [3.63, 3.8) is 0 Å². The van der Waals surface area contributed by atoms with Crippen LogP contribution in [0.25, 0.3) is 0 Å². The standard InChI is InChI=1S/C20H25NO2S/c1-16-8-6-7-11-19(16)23-14-15-24-17(2)20(22)21-13-12-18-9-4-3-5-10-18/h3-11,17H,12-15H2,1-2H3,(H,21,22). The number of hydrogen-bond donors (Lipinski definition) is 1. The van der Waals surface area contributed by atoms with Crippen molar-refractivity contribution in [3.8, 4) is 5.75 Å². The van der Waals surface area contributed by atoms with E-state index in [0.29, 0.717) is 13.2 Å². The Hall–Kier alpha value is -1.94. The zero-order valence-electron chi connectivity index (χ0n) is 14.3. The molecule has 0 heterocycles. The smallest absolute Gasteiger partial charge is 0.232 e. The van der Waals surface area contributed by atoms with Crippen molar-refractivity contribution in [2.45, 2.75) is 25.5 Å². The summed E-state index contributed by atoms with van der Waals surface area (Å²) < 4.78 is 5.75. The zero-order chi connectivity index (χ0) is 17.2.